The van der Waals surface area contributed by atoms with Crippen molar-refractivity contribution < 1.29 is 13.2 Å². The third kappa shape index (κ3) is 2.42. The Morgan fingerprint density at radius 2 is 1.90 bits per heavy atom. The molecule has 0 amide bonds. The Morgan fingerprint density at radius 3 is 2.52 bits per heavy atom. The third-order valence-electron chi connectivity index (χ3n) is 3.16. The number of nitrogens with one attached hydrogen (secondary N) is 2. The number of pyridine rings is 1. The second kappa shape index (κ2) is 4.47. The van der Waals surface area contributed by atoms with E-state index >= 15 is 0 Å². The number of aromatic amines is 2. The number of H-pyrrole nitrogens is 2. The normalized spacial score (nSPS) is 12.0. The minimum Gasteiger partial charge on any atom is -0.342 e. The first kappa shape index (κ1) is 13.4. The number of benzene rings is 1. The molecule has 0 saturated heterocycles. The molecule has 0 spiro atoms. The number of hydrogen-bond donors (Lipinski definition) is 2. The van der Waals surface area contributed by atoms with Crippen molar-refractivity contribution in [2.45, 2.75) is 13.1 Å². The summed E-state index contributed by atoms with van der Waals surface area (Å²) in [7, 11) is 0. The van der Waals surface area contributed by atoms with E-state index in [1.165, 1.54) is 0 Å². The van der Waals surface area contributed by atoms with Gasteiger partial charge >= 0.3 is 6.18 Å². The molecule has 0 aliphatic heterocycles. The number of aryl methyl sites for hydroxylation is 1. The summed E-state index contributed by atoms with van der Waals surface area (Å²) < 4.78 is 38.3. The molecular formula is C14H10F3N3O. The van der Waals surface area contributed by atoms with Crippen molar-refractivity contribution in [3.05, 3.63) is 52.2 Å². The van der Waals surface area contributed by atoms with Gasteiger partial charge in [-0.05, 0) is 30.5 Å². The van der Waals surface area contributed by atoms with Gasteiger partial charge in [-0.2, -0.15) is 13.2 Å². The minimum absolute atomic E-state index is 0.312. The first-order valence-corrected chi connectivity index (χ1v) is 6.11. The molecule has 0 atom stereocenters. The molecule has 7 heteroatoms. The number of rotatable bonds is 1. The maximum absolute atomic E-state index is 12.8. The van der Waals surface area contributed by atoms with Gasteiger partial charge in [0, 0.05) is 11.1 Å². The van der Waals surface area contributed by atoms with Gasteiger partial charge in [-0.25, -0.2) is 4.98 Å². The zero-order valence-corrected chi connectivity index (χ0v) is 10.9. The molecule has 4 nitrogen and oxygen atoms in total. The fraction of sp³-hybridized carbons (Fsp3) is 0.143. The molecule has 108 valence electrons. The van der Waals surface area contributed by atoms with Crippen LogP contribution >= 0.6 is 0 Å². The molecule has 0 saturated carbocycles. The molecule has 0 radical (unpaired) electrons. The lowest BCUT2D eigenvalue weighted by Gasteiger charge is -2.07. The lowest BCUT2D eigenvalue weighted by atomic mass is 10.1. The average molecular weight is 293 g/mol. The Morgan fingerprint density at radius 1 is 1.14 bits per heavy atom. The summed E-state index contributed by atoms with van der Waals surface area (Å²) in [6.45, 7) is 1.78. The fourth-order valence-electron chi connectivity index (χ4n) is 2.15. The van der Waals surface area contributed by atoms with Crippen molar-refractivity contribution in [2.75, 3.05) is 0 Å². The maximum Gasteiger partial charge on any atom is 0.421 e. The number of hydrogen-bond acceptors (Lipinski definition) is 2. The molecule has 2 heterocycles. The first-order chi connectivity index (χ1) is 9.84. The molecule has 0 bridgehead atoms. The number of aromatic nitrogens is 3. The Bertz CT molecular complexity index is 877. The van der Waals surface area contributed by atoms with Gasteiger partial charge in [0.05, 0.1) is 11.9 Å². The highest BCUT2D eigenvalue weighted by Crippen LogP contribution is 2.29. The van der Waals surface area contributed by atoms with E-state index in [1.54, 1.807) is 31.3 Å². The van der Waals surface area contributed by atoms with Crippen LogP contribution in [0.2, 0.25) is 0 Å². The Kier molecular flexibility index (Phi) is 2.86. The smallest absolute Gasteiger partial charge is 0.342 e. The lowest BCUT2D eigenvalue weighted by Crippen LogP contribution is -2.21. The SMILES string of the molecule is Cc1ncc(-c2ccc3[nH]c(=O)c(C(F)(F)F)cc3c2)[nH]1. The van der Waals surface area contributed by atoms with Crippen molar-refractivity contribution in [3.63, 3.8) is 0 Å². The molecule has 0 unspecified atom stereocenters. The summed E-state index contributed by atoms with van der Waals surface area (Å²) >= 11 is 0. The maximum atomic E-state index is 12.8. The van der Waals surface area contributed by atoms with Gasteiger partial charge in [-0.1, -0.05) is 6.07 Å². The predicted molar refractivity (Wildman–Crippen MR) is 71.9 cm³/mol. The molecule has 21 heavy (non-hydrogen) atoms. The second-order valence-corrected chi connectivity index (χ2v) is 4.69. The topological polar surface area (TPSA) is 61.5 Å². The second-order valence-electron chi connectivity index (χ2n) is 4.69. The number of fused-ring (bicyclic) bond motifs is 1. The summed E-state index contributed by atoms with van der Waals surface area (Å²) in [6.07, 6.45) is -3.07. The first-order valence-electron chi connectivity index (χ1n) is 6.11. The van der Waals surface area contributed by atoms with Gasteiger partial charge in [0.25, 0.3) is 5.56 Å². The number of alkyl halides is 3. The van der Waals surface area contributed by atoms with Gasteiger partial charge in [-0.3, -0.25) is 4.79 Å². The highest BCUT2D eigenvalue weighted by atomic mass is 19.4. The standard InChI is InChI=1S/C14H10F3N3O/c1-7-18-6-12(19-7)8-2-3-11-9(4-8)5-10(13(21)20-11)14(15,16)17/h2-6H,1H3,(H,18,19)(H,20,21). The highest BCUT2D eigenvalue weighted by molar-refractivity contribution is 5.84. The largest absolute Gasteiger partial charge is 0.421 e. The van der Waals surface area contributed by atoms with Gasteiger partial charge in [0.1, 0.15) is 11.4 Å². The summed E-state index contributed by atoms with van der Waals surface area (Å²) in [5.74, 6) is 0.711. The van der Waals surface area contributed by atoms with Gasteiger partial charge in [0.2, 0.25) is 0 Å². The van der Waals surface area contributed by atoms with E-state index in [1.807, 2.05) is 0 Å². The molecule has 0 aliphatic carbocycles. The summed E-state index contributed by atoms with van der Waals surface area (Å²) in [5, 5.41) is 0.312. The average Bonchev–Trinajstić information content (AvgIpc) is 2.83. The van der Waals surface area contributed by atoms with Crippen LogP contribution in [0.1, 0.15) is 11.4 Å². The molecule has 2 N–H and O–H groups in total. The minimum atomic E-state index is -4.68. The van der Waals surface area contributed by atoms with E-state index in [-0.39, 0.29) is 0 Å². The van der Waals surface area contributed by atoms with Gasteiger partial charge in [-0.15, -0.1) is 0 Å². The van der Waals surface area contributed by atoms with Crippen molar-refractivity contribution in [2.24, 2.45) is 0 Å². The van der Waals surface area contributed by atoms with Crippen molar-refractivity contribution >= 4 is 10.9 Å². The molecule has 2 aromatic heterocycles. The van der Waals surface area contributed by atoms with E-state index in [0.717, 1.165) is 6.07 Å². The van der Waals surface area contributed by atoms with Crippen LogP contribution in [0.25, 0.3) is 22.2 Å². The predicted octanol–water partition coefficient (Wildman–Crippen LogP) is 3.25. The molecular weight excluding hydrogens is 283 g/mol. The Balaban J connectivity index is 2.21. The van der Waals surface area contributed by atoms with Crippen LogP contribution in [0.5, 0.6) is 0 Å². The third-order valence-corrected chi connectivity index (χ3v) is 3.16. The number of halogens is 3. The Labute approximate surface area is 116 Å². The lowest BCUT2D eigenvalue weighted by molar-refractivity contribution is -0.138. The molecule has 3 aromatic rings. The zero-order valence-electron chi connectivity index (χ0n) is 10.9. The molecule has 0 aliphatic rings. The summed E-state index contributed by atoms with van der Waals surface area (Å²) in [5.41, 5.74) is -0.585. The van der Waals surface area contributed by atoms with Crippen LogP contribution in [0.15, 0.2) is 35.3 Å². The monoisotopic (exact) mass is 293 g/mol. The van der Waals surface area contributed by atoms with E-state index in [9.17, 15) is 18.0 Å². The number of imidazole rings is 1. The molecule has 3 rings (SSSR count). The van der Waals surface area contributed by atoms with Crippen LogP contribution < -0.4 is 5.56 Å². The van der Waals surface area contributed by atoms with Crippen LogP contribution in [-0.4, -0.2) is 15.0 Å². The van der Waals surface area contributed by atoms with Crippen molar-refractivity contribution in [3.8, 4) is 11.3 Å². The van der Waals surface area contributed by atoms with E-state index in [4.69, 9.17) is 0 Å². The summed E-state index contributed by atoms with van der Waals surface area (Å²) in [4.78, 5) is 20.8. The number of nitrogens with zero attached hydrogens (tertiary/aromatic N) is 1. The fourth-order valence-corrected chi connectivity index (χ4v) is 2.15. The van der Waals surface area contributed by atoms with Crippen LogP contribution in [0.3, 0.4) is 0 Å². The van der Waals surface area contributed by atoms with Crippen LogP contribution in [-0.2, 0) is 6.18 Å². The zero-order chi connectivity index (χ0) is 15.2. The van der Waals surface area contributed by atoms with Crippen LogP contribution in [0.4, 0.5) is 13.2 Å². The van der Waals surface area contributed by atoms with E-state index < -0.39 is 17.3 Å². The van der Waals surface area contributed by atoms with Gasteiger partial charge in [0.15, 0.2) is 0 Å². The quantitative estimate of drug-likeness (QED) is 0.723. The van der Waals surface area contributed by atoms with Crippen molar-refractivity contribution in [1.29, 1.82) is 0 Å². The van der Waals surface area contributed by atoms with Gasteiger partial charge < -0.3 is 9.97 Å². The molecule has 0 fully saturated rings. The Hall–Kier alpha value is -2.57. The van der Waals surface area contributed by atoms with Crippen molar-refractivity contribution in [1.82, 2.24) is 15.0 Å². The van der Waals surface area contributed by atoms with Crippen LogP contribution in [0, 0.1) is 6.92 Å². The van der Waals surface area contributed by atoms with E-state index in [0.29, 0.717) is 28.0 Å². The summed E-state index contributed by atoms with van der Waals surface area (Å²) in [6, 6.07) is 5.72. The molecule has 1 aromatic carbocycles. The van der Waals surface area contributed by atoms with E-state index in [2.05, 4.69) is 15.0 Å². The highest BCUT2D eigenvalue weighted by Gasteiger charge is 2.34.